The summed E-state index contributed by atoms with van der Waals surface area (Å²) in [4.78, 5) is 42.1. The second-order valence-electron chi connectivity index (χ2n) is 6.44. The monoisotopic (exact) mass is 410 g/mol. The Balaban J connectivity index is 1.30. The van der Waals surface area contributed by atoms with Gasteiger partial charge in [-0.2, -0.15) is 0 Å². The Hall–Kier alpha value is -3.33. The number of carbonyl (C=O) groups excluding carboxylic acids is 3. The van der Waals surface area contributed by atoms with Gasteiger partial charge >= 0.3 is 0 Å². The van der Waals surface area contributed by atoms with Crippen molar-refractivity contribution in [3.8, 4) is 0 Å². The van der Waals surface area contributed by atoms with Crippen molar-refractivity contribution in [2.45, 2.75) is 18.1 Å². The molecule has 2 aromatic carbocycles. The summed E-state index contributed by atoms with van der Waals surface area (Å²) in [6, 6.07) is 14.1. The van der Waals surface area contributed by atoms with Gasteiger partial charge in [-0.3, -0.25) is 25.2 Å². The number of carbonyl (C=O) groups is 3. The number of nitrogens with zero attached hydrogens (tertiary/aromatic N) is 2. The molecule has 0 unspecified atom stereocenters. The van der Waals surface area contributed by atoms with Crippen LogP contribution in [0.15, 0.2) is 58.2 Å². The maximum absolute atomic E-state index is 12.3. The lowest BCUT2D eigenvalue weighted by Gasteiger charge is -2.16. The summed E-state index contributed by atoms with van der Waals surface area (Å²) < 4.78 is 5.54. The van der Waals surface area contributed by atoms with Gasteiger partial charge < -0.3 is 9.32 Å². The largest absolute Gasteiger partial charge is 0.431 e. The minimum atomic E-state index is -0.460. The number of rotatable bonds is 5. The standard InChI is InChI=1S/C20H18N4O4S/c25-17(12-29-20-21-15-7-1-2-8-16(15)28-20)22-23-19(27)13-5-3-6-14(11-13)24-10-4-9-18(24)26/h1-3,5-8,11H,4,9-10,12H2,(H,22,25)(H,23,27). The SMILES string of the molecule is O=C(CSc1nc2ccccc2o1)NNC(=O)c1cccc(N2CCCC2=O)c1. The molecule has 1 fully saturated rings. The molecule has 3 amide bonds. The minimum absolute atomic E-state index is 0.0371. The van der Waals surface area contributed by atoms with Crippen LogP contribution < -0.4 is 15.8 Å². The first kappa shape index (κ1) is 19.0. The Morgan fingerprint density at radius 3 is 2.79 bits per heavy atom. The Kier molecular flexibility index (Phi) is 5.48. The summed E-state index contributed by atoms with van der Waals surface area (Å²) >= 11 is 1.14. The van der Waals surface area contributed by atoms with E-state index in [1.54, 1.807) is 35.2 Å². The summed E-state index contributed by atoms with van der Waals surface area (Å²) in [5, 5.41) is 0.385. The molecule has 8 nitrogen and oxygen atoms in total. The zero-order chi connectivity index (χ0) is 20.2. The van der Waals surface area contributed by atoms with Crippen molar-refractivity contribution in [3.05, 3.63) is 54.1 Å². The van der Waals surface area contributed by atoms with Crippen LogP contribution in [-0.2, 0) is 9.59 Å². The van der Waals surface area contributed by atoms with E-state index in [-0.39, 0.29) is 11.7 Å². The number of anilines is 1. The molecule has 0 bridgehead atoms. The molecule has 1 aliphatic rings. The quantitative estimate of drug-likeness (QED) is 0.495. The third-order valence-electron chi connectivity index (χ3n) is 4.41. The molecule has 1 aliphatic heterocycles. The maximum atomic E-state index is 12.3. The number of aromatic nitrogens is 1. The topological polar surface area (TPSA) is 105 Å². The number of hydrazine groups is 1. The summed E-state index contributed by atoms with van der Waals surface area (Å²) in [5.41, 5.74) is 7.17. The van der Waals surface area contributed by atoms with E-state index in [1.165, 1.54) is 0 Å². The highest BCUT2D eigenvalue weighted by atomic mass is 32.2. The van der Waals surface area contributed by atoms with E-state index in [1.807, 2.05) is 18.2 Å². The van der Waals surface area contributed by atoms with E-state index in [9.17, 15) is 14.4 Å². The summed E-state index contributed by atoms with van der Waals surface area (Å²) in [6.07, 6.45) is 1.33. The summed E-state index contributed by atoms with van der Waals surface area (Å²) in [5.74, 6) is -0.766. The van der Waals surface area contributed by atoms with Crippen LogP contribution in [0.2, 0.25) is 0 Å². The van der Waals surface area contributed by atoms with Crippen molar-refractivity contribution >= 4 is 46.3 Å². The molecule has 3 aromatic rings. The average Bonchev–Trinajstić information content (AvgIpc) is 3.36. The van der Waals surface area contributed by atoms with Gasteiger partial charge in [0.15, 0.2) is 5.58 Å². The number of thioether (sulfide) groups is 1. The second kappa shape index (κ2) is 8.36. The number of oxazole rings is 1. The first-order valence-electron chi connectivity index (χ1n) is 9.08. The number of hydrogen-bond donors (Lipinski definition) is 2. The van der Waals surface area contributed by atoms with Crippen molar-refractivity contribution in [3.63, 3.8) is 0 Å². The van der Waals surface area contributed by atoms with Crippen LogP contribution in [0.5, 0.6) is 0 Å². The van der Waals surface area contributed by atoms with Crippen LogP contribution in [0.25, 0.3) is 11.1 Å². The molecule has 0 saturated carbocycles. The van der Waals surface area contributed by atoms with Crippen LogP contribution >= 0.6 is 11.8 Å². The molecule has 2 N–H and O–H groups in total. The van der Waals surface area contributed by atoms with Crippen LogP contribution in [0.4, 0.5) is 5.69 Å². The fraction of sp³-hybridized carbons (Fsp3) is 0.200. The second-order valence-corrected chi connectivity index (χ2v) is 7.36. The molecule has 9 heteroatoms. The lowest BCUT2D eigenvalue weighted by Crippen LogP contribution is -2.42. The van der Waals surface area contributed by atoms with Crippen LogP contribution in [0.3, 0.4) is 0 Å². The highest BCUT2D eigenvalue weighted by Gasteiger charge is 2.22. The highest BCUT2D eigenvalue weighted by molar-refractivity contribution is 7.99. The van der Waals surface area contributed by atoms with Crippen molar-refractivity contribution in [1.29, 1.82) is 0 Å². The molecule has 29 heavy (non-hydrogen) atoms. The van der Waals surface area contributed by atoms with Crippen molar-refractivity contribution in [2.24, 2.45) is 0 Å². The van der Waals surface area contributed by atoms with Crippen molar-refractivity contribution in [2.75, 3.05) is 17.2 Å². The van der Waals surface area contributed by atoms with Crippen molar-refractivity contribution in [1.82, 2.24) is 15.8 Å². The number of benzene rings is 2. The Labute approximate surface area is 170 Å². The van der Waals surface area contributed by atoms with Crippen LogP contribution in [0.1, 0.15) is 23.2 Å². The molecular formula is C20H18N4O4S. The van der Waals surface area contributed by atoms with Gasteiger partial charge in [0.25, 0.3) is 11.1 Å². The molecule has 1 saturated heterocycles. The number of hydrogen-bond acceptors (Lipinski definition) is 6. The maximum Gasteiger partial charge on any atom is 0.269 e. The first-order valence-corrected chi connectivity index (χ1v) is 10.1. The third kappa shape index (κ3) is 4.40. The normalized spacial score (nSPS) is 13.7. The van der Waals surface area contributed by atoms with E-state index >= 15 is 0 Å². The lowest BCUT2D eigenvalue weighted by atomic mass is 10.2. The first-order chi connectivity index (χ1) is 14.1. The Morgan fingerprint density at radius 1 is 1.14 bits per heavy atom. The summed E-state index contributed by atoms with van der Waals surface area (Å²) in [6.45, 7) is 0.647. The zero-order valence-corrected chi connectivity index (χ0v) is 16.2. The van der Waals surface area contributed by atoms with E-state index in [4.69, 9.17) is 4.42 Å². The van der Waals surface area contributed by atoms with Gasteiger partial charge in [0, 0.05) is 24.2 Å². The molecular weight excluding hydrogens is 392 g/mol. The number of fused-ring (bicyclic) bond motifs is 1. The molecule has 4 rings (SSSR count). The van der Waals surface area contributed by atoms with Crippen LogP contribution in [-0.4, -0.2) is 35.0 Å². The molecule has 2 heterocycles. The smallest absolute Gasteiger partial charge is 0.269 e. The van der Waals surface area contributed by atoms with E-state index in [2.05, 4.69) is 15.8 Å². The van der Waals surface area contributed by atoms with Gasteiger partial charge in [0.1, 0.15) is 5.52 Å². The molecule has 0 aliphatic carbocycles. The van der Waals surface area contributed by atoms with Gasteiger partial charge in [-0.15, -0.1) is 0 Å². The fourth-order valence-corrected chi connectivity index (χ4v) is 3.65. The molecule has 1 aromatic heterocycles. The third-order valence-corrected chi connectivity index (χ3v) is 5.24. The average molecular weight is 410 g/mol. The predicted molar refractivity (Wildman–Crippen MR) is 108 cm³/mol. The van der Waals surface area contributed by atoms with Gasteiger partial charge in [0.2, 0.25) is 11.8 Å². The Bertz CT molecular complexity index is 1050. The van der Waals surface area contributed by atoms with Gasteiger partial charge in [-0.1, -0.05) is 30.0 Å². The van der Waals surface area contributed by atoms with Gasteiger partial charge in [-0.25, -0.2) is 4.98 Å². The lowest BCUT2D eigenvalue weighted by molar-refractivity contribution is -0.119. The Morgan fingerprint density at radius 2 is 2.00 bits per heavy atom. The van der Waals surface area contributed by atoms with E-state index < -0.39 is 11.8 Å². The molecule has 0 atom stereocenters. The zero-order valence-electron chi connectivity index (χ0n) is 15.4. The van der Waals surface area contributed by atoms with Crippen LogP contribution in [0, 0.1) is 0 Å². The highest BCUT2D eigenvalue weighted by Crippen LogP contribution is 2.23. The fourth-order valence-electron chi connectivity index (χ4n) is 3.01. The van der Waals surface area contributed by atoms with E-state index in [0.29, 0.717) is 35.0 Å². The summed E-state index contributed by atoms with van der Waals surface area (Å²) in [7, 11) is 0. The number of amides is 3. The molecule has 148 valence electrons. The van der Waals surface area contributed by atoms with E-state index in [0.717, 1.165) is 23.7 Å². The minimum Gasteiger partial charge on any atom is -0.431 e. The number of nitrogens with one attached hydrogen (secondary N) is 2. The van der Waals surface area contributed by atoms with Crippen molar-refractivity contribution < 1.29 is 18.8 Å². The molecule has 0 spiro atoms. The predicted octanol–water partition coefficient (Wildman–Crippen LogP) is 2.51. The van der Waals surface area contributed by atoms with Gasteiger partial charge in [0.05, 0.1) is 5.75 Å². The van der Waals surface area contributed by atoms with Gasteiger partial charge in [-0.05, 0) is 36.8 Å². The molecule has 0 radical (unpaired) electrons. The number of para-hydroxylation sites is 2.